The lowest BCUT2D eigenvalue weighted by Crippen LogP contribution is -2.36. The van der Waals surface area contributed by atoms with Crippen LogP contribution in [0.5, 0.6) is 0 Å². The first kappa shape index (κ1) is 17.9. The molecule has 1 saturated heterocycles. The Hall–Kier alpha value is -1.88. The average molecular weight is 345 g/mol. The molecule has 3 rings (SSSR count). The van der Waals surface area contributed by atoms with E-state index in [1.165, 1.54) is 6.42 Å². The number of carboxylic acid groups (broad SMARTS) is 1. The molecule has 2 fully saturated rings. The maximum Gasteiger partial charge on any atom is 0.308 e. The van der Waals surface area contributed by atoms with Gasteiger partial charge < -0.3 is 14.7 Å². The molecule has 4 unspecified atom stereocenters. The molecule has 1 N–H and O–H groups in total. The summed E-state index contributed by atoms with van der Waals surface area (Å²) in [5.41, 5.74) is 0.979. The van der Waals surface area contributed by atoms with Gasteiger partial charge in [-0.1, -0.05) is 50.1 Å². The minimum absolute atomic E-state index is 0.0584. The zero-order valence-electron chi connectivity index (χ0n) is 14.8. The van der Waals surface area contributed by atoms with Crippen LogP contribution in [0.3, 0.4) is 0 Å². The normalized spacial score (nSPS) is 29.6. The second kappa shape index (κ2) is 8.00. The number of ether oxygens (including phenoxy) is 1. The third kappa shape index (κ3) is 4.21. The molecular weight excluding hydrogens is 318 g/mol. The van der Waals surface area contributed by atoms with Crippen molar-refractivity contribution in [1.82, 2.24) is 4.90 Å². The van der Waals surface area contributed by atoms with Gasteiger partial charge in [-0.05, 0) is 24.3 Å². The molecule has 5 heteroatoms. The number of carbonyl (C=O) groups is 2. The Kier molecular flexibility index (Phi) is 5.74. The number of hydrogen-bond donors (Lipinski definition) is 1. The zero-order chi connectivity index (χ0) is 17.8. The summed E-state index contributed by atoms with van der Waals surface area (Å²) in [6, 6.07) is 9.61. The smallest absolute Gasteiger partial charge is 0.308 e. The Morgan fingerprint density at radius 3 is 2.56 bits per heavy atom. The maximum absolute atomic E-state index is 12.5. The molecule has 1 aliphatic carbocycles. The van der Waals surface area contributed by atoms with Crippen LogP contribution in [-0.2, 0) is 14.3 Å². The first-order valence-corrected chi connectivity index (χ1v) is 9.23. The molecule has 4 atom stereocenters. The lowest BCUT2D eigenvalue weighted by atomic mass is 9.88. The third-order valence-electron chi connectivity index (χ3n) is 5.67. The van der Waals surface area contributed by atoms with Gasteiger partial charge in [0.05, 0.1) is 12.0 Å². The Morgan fingerprint density at radius 2 is 1.88 bits per heavy atom. The number of likely N-dealkylation sites (tertiary alicyclic amines) is 1. The van der Waals surface area contributed by atoms with Gasteiger partial charge in [0.2, 0.25) is 5.91 Å². The molecule has 136 valence electrons. The largest absolute Gasteiger partial charge is 0.481 e. The molecule has 0 aromatic heterocycles. The van der Waals surface area contributed by atoms with Crippen LogP contribution in [0.4, 0.5) is 0 Å². The van der Waals surface area contributed by atoms with Crippen LogP contribution in [0, 0.1) is 11.8 Å². The summed E-state index contributed by atoms with van der Waals surface area (Å²) in [5.74, 6) is -1.16. The van der Waals surface area contributed by atoms with E-state index in [2.05, 4.69) is 6.92 Å². The van der Waals surface area contributed by atoms with Crippen molar-refractivity contribution >= 4 is 11.9 Å². The molecule has 1 heterocycles. The van der Waals surface area contributed by atoms with Gasteiger partial charge in [0.1, 0.15) is 6.61 Å². The van der Waals surface area contributed by atoms with Gasteiger partial charge in [-0.3, -0.25) is 9.59 Å². The van der Waals surface area contributed by atoms with Crippen LogP contribution >= 0.6 is 0 Å². The molecule has 1 aliphatic heterocycles. The van der Waals surface area contributed by atoms with E-state index in [0.717, 1.165) is 24.8 Å². The lowest BCUT2D eigenvalue weighted by Gasteiger charge is -2.29. The average Bonchev–Trinajstić information content (AvgIpc) is 3.07. The standard InChI is InChI=1S/C20H27NO4/c1-14-7-5-6-10-18(14)25-13-19(22)21-11-16(17(12-21)20(23)24)15-8-3-2-4-9-15/h2-4,8-9,14,16-18H,5-7,10-13H2,1H3,(H,23,24). The van der Waals surface area contributed by atoms with Gasteiger partial charge in [-0.15, -0.1) is 0 Å². The number of nitrogens with zero attached hydrogens (tertiary/aromatic N) is 1. The van der Waals surface area contributed by atoms with E-state index in [4.69, 9.17) is 4.74 Å². The van der Waals surface area contributed by atoms with Crippen LogP contribution in [0.1, 0.15) is 44.1 Å². The molecule has 2 aliphatic rings. The van der Waals surface area contributed by atoms with E-state index in [9.17, 15) is 14.7 Å². The summed E-state index contributed by atoms with van der Waals surface area (Å²) in [6.07, 6.45) is 4.71. The first-order valence-electron chi connectivity index (χ1n) is 9.23. The van der Waals surface area contributed by atoms with Crippen LogP contribution in [0.15, 0.2) is 30.3 Å². The van der Waals surface area contributed by atoms with Crippen molar-refractivity contribution in [3.63, 3.8) is 0 Å². The van der Waals surface area contributed by atoms with Gasteiger partial charge in [0.15, 0.2) is 0 Å². The van der Waals surface area contributed by atoms with E-state index >= 15 is 0 Å². The fourth-order valence-corrected chi connectivity index (χ4v) is 4.10. The second-order valence-corrected chi connectivity index (χ2v) is 7.37. The summed E-state index contributed by atoms with van der Waals surface area (Å²) < 4.78 is 5.87. The van der Waals surface area contributed by atoms with Crippen molar-refractivity contribution < 1.29 is 19.4 Å². The summed E-state index contributed by atoms with van der Waals surface area (Å²) in [5, 5.41) is 9.54. The molecule has 1 amide bonds. The lowest BCUT2D eigenvalue weighted by molar-refractivity contribution is -0.142. The SMILES string of the molecule is CC1CCCCC1OCC(=O)N1CC(C(=O)O)C(c2ccccc2)C1. The van der Waals surface area contributed by atoms with E-state index in [1.54, 1.807) is 4.90 Å². The van der Waals surface area contributed by atoms with Crippen LogP contribution in [-0.4, -0.2) is 47.7 Å². The fraction of sp³-hybridized carbons (Fsp3) is 0.600. The summed E-state index contributed by atoms with van der Waals surface area (Å²) in [4.78, 5) is 25.8. The Bertz CT molecular complexity index is 603. The van der Waals surface area contributed by atoms with E-state index < -0.39 is 11.9 Å². The van der Waals surface area contributed by atoms with Gasteiger partial charge >= 0.3 is 5.97 Å². The van der Waals surface area contributed by atoms with Gasteiger partial charge in [-0.25, -0.2) is 0 Å². The number of carbonyl (C=O) groups excluding carboxylic acids is 1. The van der Waals surface area contributed by atoms with Gasteiger partial charge in [0, 0.05) is 19.0 Å². The molecule has 1 saturated carbocycles. The highest BCUT2D eigenvalue weighted by molar-refractivity contribution is 5.80. The Balaban J connectivity index is 1.60. The Morgan fingerprint density at radius 1 is 1.16 bits per heavy atom. The summed E-state index contributed by atoms with van der Waals surface area (Å²) in [6.45, 7) is 2.94. The predicted molar refractivity (Wildman–Crippen MR) is 94.3 cm³/mol. The highest BCUT2D eigenvalue weighted by Crippen LogP contribution is 2.33. The van der Waals surface area contributed by atoms with Crippen LogP contribution in [0.25, 0.3) is 0 Å². The van der Waals surface area contributed by atoms with Gasteiger partial charge in [-0.2, -0.15) is 0 Å². The van der Waals surface area contributed by atoms with E-state index in [1.807, 2.05) is 30.3 Å². The number of benzene rings is 1. The number of hydrogen-bond acceptors (Lipinski definition) is 3. The molecular formula is C20H27NO4. The first-order chi connectivity index (χ1) is 12.1. The molecule has 25 heavy (non-hydrogen) atoms. The van der Waals surface area contributed by atoms with Crippen molar-refractivity contribution in [3.05, 3.63) is 35.9 Å². The highest BCUT2D eigenvalue weighted by Gasteiger charge is 2.40. The number of amides is 1. The summed E-state index contributed by atoms with van der Waals surface area (Å²) in [7, 11) is 0. The van der Waals surface area contributed by atoms with Crippen LogP contribution in [0.2, 0.25) is 0 Å². The molecule has 1 aromatic carbocycles. The van der Waals surface area contributed by atoms with E-state index in [0.29, 0.717) is 12.5 Å². The fourth-order valence-electron chi connectivity index (χ4n) is 4.10. The van der Waals surface area contributed by atoms with Crippen molar-refractivity contribution in [3.8, 4) is 0 Å². The quantitative estimate of drug-likeness (QED) is 0.891. The minimum atomic E-state index is -0.842. The van der Waals surface area contributed by atoms with Crippen LogP contribution < -0.4 is 0 Å². The third-order valence-corrected chi connectivity index (χ3v) is 5.67. The summed E-state index contributed by atoms with van der Waals surface area (Å²) >= 11 is 0. The zero-order valence-corrected chi connectivity index (χ0v) is 14.8. The van der Waals surface area contributed by atoms with E-state index in [-0.39, 0.29) is 31.1 Å². The highest BCUT2D eigenvalue weighted by atomic mass is 16.5. The molecule has 0 bridgehead atoms. The number of rotatable bonds is 5. The molecule has 1 aromatic rings. The number of aliphatic carboxylic acids is 1. The second-order valence-electron chi connectivity index (χ2n) is 7.37. The molecule has 0 radical (unpaired) electrons. The predicted octanol–water partition coefficient (Wildman–Crippen LogP) is 2.91. The van der Waals surface area contributed by atoms with Crippen molar-refractivity contribution in [1.29, 1.82) is 0 Å². The van der Waals surface area contributed by atoms with Crippen molar-refractivity contribution in [2.24, 2.45) is 11.8 Å². The molecule has 5 nitrogen and oxygen atoms in total. The number of carboxylic acids is 1. The molecule has 0 spiro atoms. The van der Waals surface area contributed by atoms with Crippen molar-refractivity contribution in [2.45, 2.75) is 44.6 Å². The Labute approximate surface area is 149 Å². The minimum Gasteiger partial charge on any atom is -0.481 e. The monoisotopic (exact) mass is 345 g/mol. The maximum atomic E-state index is 12.5. The van der Waals surface area contributed by atoms with Gasteiger partial charge in [0.25, 0.3) is 0 Å². The topological polar surface area (TPSA) is 66.8 Å². The van der Waals surface area contributed by atoms with Crippen molar-refractivity contribution in [2.75, 3.05) is 19.7 Å².